The maximum Gasteiger partial charge on any atom is 0.272 e. The van der Waals surface area contributed by atoms with Crippen molar-refractivity contribution in [3.8, 4) is 0 Å². The van der Waals surface area contributed by atoms with Gasteiger partial charge < -0.3 is 24.3 Å². The molecule has 3 rings (SSSR count). The first-order valence-corrected chi connectivity index (χ1v) is 9.38. The molecule has 2 aromatic rings. The van der Waals surface area contributed by atoms with Crippen LogP contribution in [0.4, 0.5) is 11.4 Å². The second-order valence-electron chi connectivity index (χ2n) is 6.64. The second kappa shape index (κ2) is 9.13. The van der Waals surface area contributed by atoms with Gasteiger partial charge in [-0.05, 0) is 12.1 Å². The summed E-state index contributed by atoms with van der Waals surface area (Å²) >= 11 is 5.57. The number of halogens is 1. The van der Waals surface area contributed by atoms with Crippen LogP contribution in [0.25, 0.3) is 0 Å². The summed E-state index contributed by atoms with van der Waals surface area (Å²) in [5.41, 5.74) is 2.01. The number of carbonyl (C=O) groups excluding carboxylic acids is 1. The van der Waals surface area contributed by atoms with Crippen molar-refractivity contribution in [2.75, 3.05) is 49.5 Å². The van der Waals surface area contributed by atoms with E-state index < -0.39 is 0 Å². The third-order valence-corrected chi connectivity index (χ3v) is 4.82. The van der Waals surface area contributed by atoms with E-state index in [1.165, 1.54) is 0 Å². The van der Waals surface area contributed by atoms with Crippen LogP contribution in [0, 0.1) is 0 Å². The van der Waals surface area contributed by atoms with Gasteiger partial charge in [0.1, 0.15) is 5.69 Å². The summed E-state index contributed by atoms with van der Waals surface area (Å²) in [4.78, 5) is 21.3. The highest BCUT2D eigenvalue weighted by Gasteiger charge is 2.14. The molecule has 1 amide bonds. The Morgan fingerprint density at radius 2 is 1.82 bits per heavy atom. The number of aryl methyl sites for hydroxylation is 2. The quantitative estimate of drug-likeness (QED) is 0.398. The van der Waals surface area contributed by atoms with Crippen molar-refractivity contribution in [2.45, 2.75) is 0 Å². The van der Waals surface area contributed by atoms with Gasteiger partial charge in [0.05, 0.1) is 36.8 Å². The number of ether oxygens (including phenoxy) is 1. The van der Waals surface area contributed by atoms with E-state index >= 15 is 0 Å². The van der Waals surface area contributed by atoms with Crippen molar-refractivity contribution in [3.63, 3.8) is 0 Å². The summed E-state index contributed by atoms with van der Waals surface area (Å²) in [6, 6.07) is 3.26. The van der Waals surface area contributed by atoms with Crippen LogP contribution in [0.3, 0.4) is 0 Å². The van der Waals surface area contributed by atoms with Gasteiger partial charge >= 0.3 is 0 Å². The first kappa shape index (κ1) is 20.2. The van der Waals surface area contributed by atoms with E-state index in [0.29, 0.717) is 29.3 Å². The molecule has 0 radical (unpaired) electrons. The van der Waals surface area contributed by atoms with Gasteiger partial charge in [0.2, 0.25) is 0 Å². The largest absolute Gasteiger partial charge is 0.857 e. The lowest BCUT2D eigenvalue weighted by molar-refractivity contribution is -0.213. The Hall–Kier alpha value is -2.49. The number of aromatic nitrogens is 2. The van der Waals surface area contributed by atoms with Crippen molar-refractivity contribution in [1.82, 2.24) is 14.0 Å². The smallest absolute Gasteiger partial charge is 0.272 e. The monoisotopic (exact) mass is 407 g/mol. The first-order valence-electron chi connectivity index (χ1n) is 9.00. The summed E-state index contributed by atoms with van der Waals surface area (Å²) < 4.78 is 8.63. The molecule has 0 atom stereocenters. The number of nitrogens with zero attached hydrogens (tertiary/aromatic N) is 4. The van der Waals surface area contributed by atoms with Crippen molar-refractivity contribution >= 4 is 35.0 Å². The number of amides is 1. The molecule has 152 valence electrons. The van der Waals surface area contributed by atoms with E-state index in [9.17, 15) is 9.90 Å². The van der Waals surface area contributed by atoms with Gasteiger partial charge in [0.15, 0.2) is 0 Å². The summed E-state index contributed by atoms with van der Waals surface area (Å²) in [5, 5.41) is 15.2. The third kappa shape index (κ3) is 4.86. The van der Waals surface area contributed by atoms with Gasteiger partial charge in [-0.2, -0.15) is 0 Å². The Morgan fingerprint density at radius 1 is 1.18 bits per heavy atom. The lowest BCUT2D eigenvalue weighted by Gasteiger charge is -2.26. The summed E-state index contributed by atoms with van der Waals surface area (Å²) in [5.74, 6) is -0.599. The number of aliphatic imine (C=N–C) groups is 1. The van der Waals surface area contributed by atoms with Gasteiger partial charge in [0.25, 0.3) is 5.91 Å². The lowest BCUT2D eigenvalue weighted by atomic mass is 10.3. The molecule has 2 aromatic heterocycles. The van der Waals surface area contributed by atoms with E-state index in [0.717, 1.165) is 32.8 Å². The van der Waals surface area contributed by atoms with Crippen molar-refractivity contribution in [3.05, 3.63) is 35.9 Å². The minimum atomic E-state index is -0.302. The fourth-order valence-electron chi connectivity index (χ4n) is 3.08. The van der Waals surface area contributed by atoms with Crippen molar-refractivity contribution < 1.29 is 14.6 Å². The molecular weight excluding hydrogens is 384 g/mol. The Morgan fingerprint density at radius 3 is 2.50 bits per heavy atom. The number of carbonyl (C=O) groups is 1. The van der Waals surface area contributed by atoms with E-state index in [4.69, 9.17) is 16.5 Å². The molecule has 1 aliphatic rings. The lowest BCUT2D eigenvalue weighted by Crippen LogP contribution is -2.38. The number of rotatable bonds is 7. The average molecular weight is 408 g/mol. The SMILES string of the molecule is Cn1cc(NCl)cc1C(=O)Nc1cc(C([O-])=NCCN2CCOCC2)n(C)c1. The zero-order chi connectivity index (χ0) is 20.1. The topological polar surface area (TPSA) is 98.9 Å². The van der Waals surface area contributed by atoms with Gasteiger partial charge in [0, 0.05) is 63.8 Å². The molecule has 0 saturated carbocycles. The van der Waals surface area contributed by atoms with E-state index in [1.807, 2.05) is 0 Å². The predicted molar refractivity (Wildman–Crippen MR) is 107 cm³/mol. The minimum Gasteiger partial charge on any atom is -0.857 e. The van der Waals surface area contributed by atoms with Gasteiger partial charge in [-0.25, -0.2) is 0 Å². The molecule has 0 bridgehead atoms. The van der Waals surface area contributed by atoms with Gasteiger partial charge in [-0.3, -0.25) is 19.5 Å². The maximum atomic E-state index is 12.5. The normalized spacial score (nSPS) is 15.6. The number of hydrogen-bond acceptors (Lipinski definition) is 6. The van der Waals surface area contributed by atoms with Crippen LogP contribution >= 0.6 is 11.8 Å². The molecule has 0 aromatic carbocycles. The summed E-state index contributed by atoms with van der Waals surface area (Å²) in [6.07, 6.45) is 3.39. The Balaban J connectivity index is 1.62. The molecule has 1 fully saturated rings. The molecule has 0 aliphatic carbocycles. The third-order valence-electron chi connectivity index (χ3n) is 4.60. The average Bonchev–Trinajstić information content (AvgIpc) is 3.24. The Bertz CT molecular complexity index is 854. The molecule has 1 saturated heterocycles. The number of morpholine rings is 1. The molecule has 28 heavy (non-hydrogen) atoms. The summed E-state index contributed by atoms with van der Waals surface area (Å²) in [6.45, 7) is 4.34. The number of hydrogen-bond donors (Lipinski definition) is 2. The molecule has 2 N–H and O–H groups in total. The van der Waals surface area contributed by atoms with E-state index in [-0.39, 0.29) is 11.8 Å². The predicted octanol–water partition coefficient (Wildman–Crippen LogP) is 0.621. The highest BCUT2D eigenvalue weighted by atomic mass is 35.5. The zero-order valence-electron chi connectivity index (χ0n) is 15.9. The fraction of sp³-hybridized carbons (Fsp3) is 0.444. The van der Waals surface area contributed by atoms with E-state index in [1.54, 1.807) is 47.8 Å². The molecule has 10 heteroatoms. The molecular formula is C18H24ClN6O3-. The van der Waals surface area contributed by atoms with Crippen molar-refractivity contribution in [2.24, 2.45) is 19.1 Å². The highest BCUT2D eigenvalue weighted by molar-refractivity contribution is 6.24. The van der Waals surface area contributed by atoms with Crippen LogP contribution in [-0.2, 0) is 18.8 Å². The molecule has 3 heterocycles. The van der Waals surface area contributed by atoms with Gasteiger partial charge in [-0.1, -0.05) is 0 Å². The molecule has 0 spiro atoms. The first-order chi connectivity index (χ1) is 13.5. The Kier molecular flexibility index (Phi) is 6.61. The van der Waals surface area contributed by atoms with Gasteiger partial charge in [-0.15, -0.1) is 0 Å². The molecule has 0 unspecified atom stereocenters. The zero-order valence-corrected chi connectivity index (χ0v) is 16.7. The molecule has 1 aliphatic heterocycles. The molecule has 9 nitrogen and oxygen atoms in total. The van der Waals surface area contributed by atoms with Crippen LogP contribution in [0.5, 0.6) is 0 Å². The van der Waals surface area contributed by atoms with Crippen LogP contribution in [-0.4, -0.2) is 65.2 Å². The van der Waals surface area contributed by atoms with Crippen LogP contribution in [0.1, 0.15) is 16.2 Å². The van der Waals surface area contributed by atoms with E-state index in [2.05, 4.69) is 20.0 Å². The standard InChI is InChI=1S/C18H25ClN6O3/c1-23-11-13(21-18(27)16-10-14(22-19)12-24(16)2)9-15(23)17(26)20-3-4-25-5-7-28-8-6-25/h9-12,22H,3-8H2,1-2H3,(H,20,26)(H,21,27)/p-1. The maximum absolute atomic E-state index is 12.5. The van der Waals surface area contributed by atoms with Crippen LogP contribution in [0.2, 0.25) is 0 Å². The second-order valence-corrected chi connectivity index (χ2v) is 6.83. The number of nitrogens with one attached hydrogen (secondary N) is 2. The summed E-state index contributed by atoms with van der Waals surface area (Å²) in [7, 11) is 3.50. The van der Waals surface area contributed by atoms with Crippen LogP contribution < -0.4 is 15.3 Å². The fourth-order valence-corrected chi connectivity index (χ4v) is 3.18. The minimum absolute atomic E-state index is 0.297. The van der Waals surface area contributed by atoms with Crippen LogP contribution in [0.15, 0.2) is 29.5 Å². The highest BCUT2D eigenvalue weighted by Crippen LogP contribution is 2.17. The Labute approximate surface area is 168 Å². The number of anilines is 2. The van der Waals surface area contributed by atoms with Crippen molar-refractivity contribution in [1.29, 1.82) is 0 Å².